The molecule has 0 radical (unpaired) electrons. The van der Waals surface area contributed by atoms with Crippen LogP contribution in [0.25, 0.3) is 0 Å². The van der Waals surface area contributed by atoms with Crippen molar-refractivity contribution in [3.8, 4) is 29.4 Å². The molecule has 2 amide bonds. The van der Waals surface area contributed by atoms with Gasteiger partial charge in [0.25, 0.3) is 11.8 Å². The highest BCUT2D eigenvalue weighted by molar-refractivity contribution is 5.99. The summed E-state index contributed by atoms with van der Waals surface area (Å²) in [7, 11) is 1.60. The Kier molecular flexibility index (Phi) is 6.52. The molecular weight excluding hydrogens is 394 g/mol. The SMILES string of the molecule is CC#CC(=O)N1CC[C@H](n2nc(C#Cc3cc(CC)cc(OC)c3)c(C(N)=O)c2N)C1. The number of benzene rings is 1. The van der Waals surface area contributed by atoms with E-state index >= 15 is 0 Å². The number of nitrogens with two attached hydrogens (primary N) is 2. The molecule has 1 aliphatic rings. The third-order valence-electron chi connectivity index (χ3n) is 5.16. The summed E-state index contributed by atoms with van der Waals surface area (Å²) in [5, 5.41) is 4.46. The number of aryl methyl sites for hydroxylation is 1. The minimum atomic E-state index is -0.698. The summed E-state index contributed by atoms with van der Waals surface area (Å²) in [6.07, 6.45) is 1.48. The van der Waals surface area contributed by atoms with Crippen molar-refractivity contribution in [2.24, 2.45) is 5.73 Å². The second-order valence-corrected chi connectivity index (χ2v) is 7.16. The van der Waals surface area contributed by atoms with Gasteiger partial charge >= 0.3 is 0 Å². The first-order valence-electron chi connectivity index (χ1n) is 9.97. The highest BCUT2D eigenvalue weighted by atomic mass is 16.5. The van der Waals surface area contributed by atoms with E-state index in [4.69, 9.17) is 16.2 Å². The van der Waals surface area contributed by atoms with Crippen LogP contribution in [-0.4, -0.2) is 46.7 Å². The van der Waals surface area contributed by atoms with Crippen molar-refractivity contribution in [3.05, 3.63) is 40.6 Å². The smallest absolute Gasteiger partial charge is 0.298 e. The van der Waals surface area contributed by atoms with Crippen LogP contribution < -0.4 is 16.2 Å². The number of carbonyl (C=O) groups excluding carboxylic acids is 2. The van der Waals surface area contributed by atoms with Gasteiger partial charge in [-0.25, -0.2) is 4.68 Å². The number of primary amides is 1. The van der Waals surface area contributed by atoms with Crippen LogP contribution in [-0.2, 0) is 11.2 Å². The van der Waals surface area contributed by atoms with Gasteiger partial charge in [-0.05, 0) is 55.4 Å². The van der Waals surface area contributed by atoms with Crippen LogP contribution in [0.4, 0.5) is 5.82 Å². The lowest BCUT2D eigenvalue weighted by molar-refractivity contribution is -0.124. The van der Waals surface area contributed by atoms with Crippen molar-refractivity contribution in [3.63, 3.8) is 0 Å². The zero-order valence-corrected chi connectivity index (χ0v) is 17.9. The normalized spacial score (nSPS) is 14.9. The third kappa shape index (κ3) is 4.65. The number of carbonyl (C=O) groups is 2. The van der Waals surface area contributed by atoms with E-state index in [1.807, 2.05) is 25.1 Å². The van der Waals surface area contributed by atoms with E-state index in [2.05, 4.69) is 28.8 Å². The predicted octanol–water partition coefficient (Wildman–Crippen LogP) is 1.33. The number of amides is 2. The first-order chi connectivity index (χ1) is 14.9. The molecule has 4 N–H and O–H groups in total. The first kappa shape index (κ1) is 21.8. The molecule has 1 aliphatic heterocycles. The molecule has 31 heavy (non-hydrogen) atoms. The highest BCUT2D eigenvalue weighted by Gasteiger charge is 2.31. The van der Waals surface area contributed by atoms with Gasteiger partial charge in [-0.3, -0.25) is 9.59 Å². The predicted molar refractivity (Wildman–Crippen MR) is 117 cm³/mol. The Morgan fingerprint density at radius 1 is 1.29 bits per heavy atom. The molecule has 2 aromatic rings. The number of hydrogen-bond donors (Lipinski definition) is 2. The Morgan fingerprint density at radius 3 is 2.71 bits per heavy atom. The minimum Gasteiger partial charge on any atom is -0.497 e. The van der Waals surface area contributed by atoms with Crippen LogP contribution in [0.1, 0.15) is 53.5 Å². The van der Waals surface area contributed by atoms with Gasteiger partial charge < -0.3 is 21.1 Å². The molecule has 8 nitrogen and oxygen atoms in total. The Morgan fingerprint density at radius 2 is 2.06 bits per heavy atom. The van der Waals surface area contributed by atoms with Crippen molar-refractivity contribution in [2.75, 3.05) is 25.9 Å². The number of ether oxygens (including phenoxy) is 1. The van der Waals surface area contributed by atoms with Crippen molar-refractivity contribution >= 4 is 17.6 Å². The molecule has 160 valence electrons. The molecule has 0 unspecified atom stereocenters. The second-order valence-electron chi connectivity index (χ2n) is 7.16. The van der Waals surface area contributed by atoms with Crippen molar-refractivity contribution < 1.29 is 14.3 Å². The number of hydrogen-bond acceptors (Lipinski definition) is 5. The molecule has 8 heteroatoms. The van der Waals surface area contributed by atoms with Crippen LogP contribution in [0.2, 0.25) is 0 Å². The Labute approximate surface area is 181 Å². The molecule has 0 spiro atoms. The Balaban J connectivity index is 1.95. The average molecular weight is 419 g/mol. The summed E-state index contributed by atoms with van der Waals surface area (Å²) >= 11 is 0. The maximum Gasteiger partial charge on any atom is 0.298 e. The molecule has 1 saturated heterocycles. The van der Waals surface area contributed by atoms with E-state index in [0.717, 1.165) is 17.5 Å². The molecule has 2 heterocycles. The van der Waals surface area contributed by atoms with Crippen LogP contribution in [0.15, 0.2) is 18.2 Å². The minimum absolute atomic E-state index is 0.0873. The Bertz CT molecular complexity index is 1120. The van der Waals surface area contributed by atoms with Crippen molar-refractivity contribution in [1.29, 1.82) is 0 Å². The lowest BCUT2D eigenvalue weighted by Gasteiger charge is -2.14. The molecule has 1 fully saturated rings. The summed E-state index contributed by atoms with van der Waals surface area (Å²) in [5.41, 5.74) is 13.9. The average Bonchev–Trinajstić information content (AvgIpc) is 3.36. The molecule has 0 saturated carbocycles. The maximum absolute atomic E-state index is 12.1. The van der Waals surface area contributed by atoms with Gasteiger partial charge in [0.15, 0.2) is 5.69 Å². The van der Waals surface area contributed by atoms with Gasteiger partial charge in [-0.1, -0.05) is 18.8 Å². The number of methoxy groups -OCH3 is 1. The van der Waals surface area contributed by atoms with Crippen molar-refractivity contribution in [1.82, 2.24) is 14.7 Å². The van der Waals surface area contributed by atoms with Crippen LogP contribution in [0, 0.1) is 23.7 Å². The van der Waals surface area contributed by atoms with E-state index in [1.165, 1.54) is 0 Å². The van der Waals surface area contributed by atoms with Crippen LogP contribution in [0.3, 0.4) is 0 Å². The van der Waals surface area contributed by atoms with E-state index < -0.39 is 5.91 Å². The summed E-state index contributed by atoms with van der Waals surface area (Å²) < 4.78 is 6.87. The van der Waals surface area contributed by atoms with Crippen LogP contribution >= 0.6 is 0 Å². The number of rotatable bonds is 4. The number of anilines is 1. The maximum atomic E-state index is 12.1. The molecule has 1 aromatic carbocycles. The lowest BCUT2D eigenvalue weighted by atomic mass is 10.1. The fourth-order valence-corrected chi connectivity index (χ4v) is 3.55. The van der Waals surface area contributed by atoms with Gasteiger partial charge in [-0.2, -0.15) is 5.10 Å². The number of aromatic nitrogens is 2. The molecule has 0 aliphatic carbocycles. The van der Waals surface area contributed by atoms with Gasteiger partial charge in [0.2, 0.25) is 0 Å². The number of nitrogen functional groups attached to an aromatic ring is 1. The standard InChI is InChI=1S/C23H25N5O3/c1-4-6-20(29)27-10-9-17(14-27)28-22(24)21(23(25)30)19(26-28)8-7-16-11-15(5-2)12-18(13-16)31-3/h11-13,17H,5,9-10,14,24H2,1-3H3,(H2,25,30)/t17-/m0/s1. The van der Waals surface area contributed by atoms with Gasteiger partial charge in [-0.15, -0.1) is 0 Å². The molecule has 0 bridgehead atoms. The zero-order valence-electron chi connectivity index (χ0n) is 17.9. The Hall–Kier alpha value is -3.91. The van der Waals surface area contributed by atoms with E-state index in [9.17, 15) is 9.59 Å². The van der Waals surface area contributed by atoms with Gasteiger partial charge in [0.1, 0.15) is 17.1 Å². The summed E-state index contributed by atoms with van der Waals surface area (Å²) in [5.74, 6) is 11.0. The molecule has 3 rings (SSSR count). The fourth-order valence-electron chi connectivity index (χ4n) is 3.55. The van der Waals surface area contributed by atoms with Gasteiger partial charge in [0, 0.05) is 18.7 Å². The van der Waals surface area contributed by atoms with Crippen molar-refractivity contribution in [2.45, 2.75) is 32.7 Å². The summed E-state index contributed by atoms with van der Waals surface area (Å²) in [4.78, 5) is 25.7. The molecule has 1 aromatic heterocycles. The van der Waals surface area contributed by atoms with Gasteiger partial charge in [0.05, 0.1) is 13.2 Å². The zero-order chi connectivity index (χ0) is 22.5. The quantitative estimate of drug-likeness (QED) is 0.726. The number of nitrogens with zero attached hydrogens (tertiary/aromatic N) is 3. The topological polar surface area (TPSA) is 116 Å². The summed E-state index contributed by atoms with van der Waals surface area (Å²) in [6.45, 7) is 4.60. The monoisotopic (exact) mass is 419 g/mol. The number of likely N-dealkylation sites (tertiary alicyclic amines) is 1. The lowest BCUT2D eigenvalue weighted by Crippen LogP contribution is -2.28. The van der Waals surface area contributed by atoms with E-state index in [0.29, 0.717) is 25.3 Å². The largest absolute Gasteiger partial charge is 0.497 e. The van der Waals surface area contributed by atoms with E-state index in [1.54, 1.807) is 23.6 Å². The third-order valence-corrected chi connectivity index (χ3v) is 5.16. The molecule has 1 atom stereocenters. The van der Waals surface area contributed by atoms with Crippen LogP contribution in [0.5, 0.6) is 5.75 Å². The molecular formula is C23H25N5O3. The first-order valence-corrected chi connectivity index (χ1v) is 9.97. The fraction of sp³-hybridized carbons (Fsp3) is 0.348. The highest BCUT2D eigenvalue weighted by Crippen LogP contribution is 2.27. The van der Waals surface area contributed by atoms with E-state index in [-0.39, 0.29) is 29.0 Å². The summed E-state index contributed by atoms with van der Waals surface area (Å²) in [6, 6.07) is 5.53. The second kappa shape index (κ2) is 9.27.